The fourth-order valence-corrected chi connectivity index (χ4v) is 2.12. The molecule has 2 rings (SSSR count). The molecule has 1 atom stereocenters. The number of halogens is 1. The number of rotatable bonds is 5. The van der Waals surface area contributed by atoms with Crippen LogP contribution < -0.4 is 10.5 Å². The highest BCUT2D eigenvalue weighted by Crippen LogP contribution is 2.29. The van der Waals surface area contributed by atoms with Gasteiger partial charge in [0.1, 0.15) is 11.9 Å². The van der Waals surface area contributed by atoms with Gasteiger partial charge >= 0.3 is 0 Å². The van der Waals surface area contributed by atoms with Crippen LogP contribution in [0.2, 0.25) is 5.02 Å². The van der Waals surface area contributed by atoms with E-state index in [1.54, 1.807) is 18.2 Å². The van der Waals surface area contributed by atoms with Crippen molar-refractivity contribution in [1.82, 2.24) is 0 Å². The van der Waals surface area contributed by atoms with Crippen LogP contribution in [-0.4, -0.2) is 11.7 Å². The van der Waals surface area contributed by atoms with E-state index in [0.29, 0.717) is 22.9 Å². The summed E-state index contributed by atoms with van der Waals surface area (Å²) < 4.78 is 5.51. The number of hydrogen-bond donors (Lipinski definition) is 2. The lowest BCUT2D eigenvalue weighted by Crippen LogP contribution is -2.04. The maximum atomic E-state index is 10.4. The van der Waals surface area contributed by atoms with E-state index in [1.807, 2.05) is 24.3 Å². The molecule has 0 fully saturated rings. The van der Waals surface area contributed by atoms with E-state index in [-0.39, 0.29) is 0 Å². The lowest BCUT2D eigenvalue weighted by atomic mass is 10.00. The molecular formula is C16H18ClNO2. The molecule has 0 aliphatic rings. The molecule has 106 valence electrons. The van der Waals surface area contributed by atoms with Crippen molar-refractivity contribution in [2.75, 3.05) is 12.3 Å². The van der Waals surface area contributed by atoms with E-state index in [2.05, 4.69) is 6.92 Å². The summed E-state index contributed by atoms with van der Waals surface area (Å²) >= 11 is 5.86. The van der Waals surface area contributed by atoms with Crippen molar-refractivity contribution in [1.29, 1.82) is 0 Å². The van der Waals surface area contributed by atoms with Gasteiger partial charge in [0, 0.05) is 16.3 Å². The van der Waals surface area contributed by atoms with Gasteiger partial charge in [0.15, 0.2) is 0 Å². The van der Waals surface area contributed by atoms with Crippen LogP contribution in [0.25, 0.3) is 0 Å². The topological polar surface area (TPSA) is 55.5 Å². The Balaban J connectivity index is 2.18. The van der Waals surface area contributed by atoms with Crippen LogP contribution in [0.1, 0.15) is 30.6 Å². The molecule has 0 heterocycles. The normalized spacial score (nSPS) is 12.2. The van der Waals surface area contributed by atoms with E-state index in [4.69, 9.17) is 22.1 Å². The average molecular weight is 292 g/mol. The van der Waals surface area contributed by atoms with Crippen LogP contribution in [0.5, 0.6) is 5.75 Å². The number of benzene rings is 2. The van der Waals surface area contributed by atoms with Gasteiger partial charge in [-0.15, -0.1) is 0 Å². The average Bonchev–Trinajstić information content (AvgIpc) is 2.45. The van der Waals surface area contributed by atoms with Crippen molar-refractivity contribution in [3.63, 3.8) is 0 Å². The van der Waals surface area contributed by atoms with Gasteiger partial charge in [0.05, 0.1) is 6.61 Å². The molecule has 0 radical (unpaired) electrons. The monoisotopic (exact) mass is 291 g/mol. The zero-order chi connectivity index (χ0) is 14.5. The first-order valence-corrected chi connectivity index (χ1v) is 6.95. The fourth-order valence-electron chi connectivity index (χ4n) is 1.94. The van der Waals surface area contributed by atoms with Crippen molar-refractivity contribution in [2.24, 2.45) is 0 Å². The highest BCUT2D eigenvalue weighted by atomic mass is 35.5. The Morgan fingerprint density at radius 2 is 1.90 bits per heavy atom. The summed E-state index contributed by atoms with van der Waals surface area (Å²) in [5, 5.41) is 10.9. The Morgan fingerprint density at radius 1 is 1.20 bits per heavy atom. The first-order valence-electron chi connectivity index (χ1n) is 6.57. The summed E-state index contributed by atoms with van der Waals surface area (Å²) in [6.07, 6.45) is 0.193. The summed E-state index contributed by atoms with van der Waals surface area (Å²) in [5.74, 6) is 0.798. The highest BCUT2D eigenvalue weighted by Gasteiger charge is 2.13. The van der Waals surface area contributed by atoms with Gasteiger partial charge in [-0.1, -0.05) is 36.7 Å². The molecule has 20 heavy (non-hydrogen) atoms. The van der Waals surface area contributed by atoms with E-state index in [0.717, 1.165) is 17.7 Å². The molecule has 0 bridgehead atoms. The number of aliphatic hydroxyl groups excluding tert-OH is 1. The van der Waals surface area contributed by atoms with Crippen molar-refractivity contribution in [3.8, 4) is 5.75 Å². The number of nitrogens with two attached hydrogens (primary N) is 1. The summed E-state index contributed by atoms with van der Waals surface area (Å²) in [6, 6.07) is 12.5. The number of hydrogen-bond acceptors (Lipinski definition) is 3. The quantitative estimate of drug-likeness (QED) is 0.824. The minimum atomic E-state index is -0.771. The molecule has 0 aliphatic carbocycles. The SMILES string of the molecule is CCCOc1ccc(C(O)c2ccc(Cl)cc2N)cc1. The van der Waals surface area contributed by atoms with Crippen molar-refractivity contribution >= 4 is 17.3 Å². The van der Waals surface area contributed by atoms with Gasteiger partial charge < -0.3 is 15.6 Å². The molecule has 0 spiro atoms. The van der Waals surface area contributed by atoms with Crippen LogP contribution in [-0.2, 0) is 0 Å². The van der Waals surface area contributed by atoms with Gasteiger partial charge in [0.25, 0.3) is 0 Å². The maximum Gasteiger partial charge on any atom is 0.119 e. The molecule has 3 nitrogen and oxygen atoms in total. The second-order valence-electron chi connectivity index (χ2n) is 4.59. The predicted octanol–water partition coefficient (Wildman–Crippen LogP) is 3.79. The smallest absolute Gasteiger partial charge is 0.119 e. The summed E-state index contributed by atoms with van der Waals surface area (Å²) in [6.45, 7) is 2.74. The van der Waals surface area contributed by atoms with Crippen molar-refractivity contribution in [2.45, 2.75) is 19.4 Å². The summed E-state index contributed by atoms with van der Waals surface area (Å²) in [4.78, 5) is 0. The lowest BCUT2D eigenvalue weighted by Gasteiger charge is -2.14. The van der Waals surface area contributed by atoms with Crippen LogP contribution in [0.15, 0.2) is 42.5 Å². The Labute approximate surface area is 123 Å². The second-order valence-corrected chi connectivity index (χ2v) is 5.03. The minimum Gasteiger partial charge on any atom is -0.494 e. The van der Waals surface area contributed by atoms with E-state index in [1.165, 1.54) is 0 Å². The van der Waals surface area contributed by atoms with Gasteiger partial charge in [0.2, 0.25) is 0 Å². The number of anilines is 1. The van der Waals surface area contributed by atoms with Gasteiger partial charge in [-0.25, -0.2) is 0 Å². The van der Waals surface area contributed by atoms with Crippen LogP contribution in [0.4, 0.5) is 5.69 Å². The van der Waals surface area contributed by atoms with Gasteiger partial charge in [-0.2, -0.15) is 0 Å². The van der Waals surface area contributed by atoms with Crippen LogP contribution >= 0.6 is 11.6 Å². The second kappa shape index (κ2) is 6.64. The molecule has 4 heteroatoms. The van der Waals surface area contributed by atoms with Gasteiger partial charge in [-0.3, -0.25) is 0 Å². The fraction of sp³-hybridized carbons (Fsp3) is 0.250. The predicted molar refractivity (Wildman–Crippen MR) is 82.2 cm³/mol. The maximum absolute atomic E-state index is 10.4. The lowest BCUT2D eigenvalue weighted by molar-refractivity contribution is 0.221. The van der Waals surface area contributed by atoms with E-state index < -0.39 is 6.10 Å². The first kappa shape index (κ1) is 14.7. The van der Waals surface area contributed by atoms with Crippen molar-refractivity contribution < 1.29 is 9.84 Å². The third kappa shape index (κ3) is 3.44. The molecule has 0 saturated carbocycles. The molecule has 2 aromatic rings. The van der Waals surface area contributed by atoms with E-state index >= 15 is 0 Å². The Hall–Kier alpha value is -1.71. The molecule has 0 saturated heterocycles. The van der Waals surface area contributed by atoms with E-state index in [9.17, 15) is 5.11 Å². The molecular weight excluding hydrogens is 274 g/mol. The first-order chi connectivity index (χ1) is 9.61. The number of ether oxygens (including phenoxy) is 1. The molecule has 3 N–H and O–H groups in total. The molecule has 0 aromatic heterocycles. The molecule has 0 amide bonds. The highest BCUT2D eigenvalue weighted by molar-refractivity contribution is 6.30. The Kier molecular flexibility index (Phi) is 4.88. The Bertz CT molecular complexity index is 569. The standard InChI is InChI=1S/C16H18ClNO2/c1-2-9-20-13-6-3-11(4-7-13)16(19)14-8-5-12(17)10-15(14)18/h3-8,10,16,19H,2,9,18H2,1H3. The van der Waals surface area contributed by atoms with Gasteiger partial charge in [-0.05, 0) is 36.2 Å². The molecule has 0 aliphatic heterocycles. The zero-order valence-corrected chi connectivity index (χ0v) is 12.1. The van der Waals surface area contributed by atoms with Crippen LogP contribution in [0.3, 0.4) is 0 Å². The third-order valence-electron chi connectivity index (χ3n) is 3.01. The largest absolute Gasteiger partial charge is 0.494 e. The summed E-state index contributed by atoms with van der Waals surface area (Å²) in [7, 11) is 0. The summed E-state index contributed by atoms with van der Waals surface area (Å²) in [5.41, 5.74) is 7.79. The Morgan fingerprint density at radius 3 is 2.50 bits per heavy atom. The molecule has 2 aromatic carbocycles. The number of nitrogen functional groups attached to an aromatic ring is 1. The van der Waals surface area contributed by atoms with Crippen LogP contribution in [0, 0.1) is 0 Å². The minimum absolute atomic E-state index is 0.483. The third-order valence-corrected chi connectivity index (χ3v) is 3.25. The van der Waals surface area contributed by atoms with Crippen molar-refractivity contribution in [3.05, 3.63) is 58.6 Å². The molecule has 1 unspecified atom stereocenters. The zero-order valence-electron chi connectivity index (χ0n) is 11.3. The number of aliphatic hydroxyl groups is 1.